The van der Waals surface area contributed by atoms with Gasteiger partial charge in [0.05, 0.1) is 16.6 Å². The average Bonchev–Trinajstić information content (AvgIpc) is 2.61. The number of benzene rings is 1. The zero-order valence-corrected chi connectivity index (χ0v) is 15.3. The molecule has 0 spiro atoms. The number of pyridine rings is 1. The summed E-state index contributed by atoms with van der Waals surface area (Å²) in [5.41, 5.74) is -4.37. The second-order valence-corrected chi connectivity index (χ2v) is 6.54. The fourth-order valence-corrected chi connectivity index (χ4v) is 3.34. The molecule has 1 aliphatic heterocycles. The number of carboxylic acid groups (broad SMARTS) is 1. The number of carbonyl (C=O) groups is 2. The highest BCUT2D eigenvalue weighted by Crippen LogP contribution is 2.51. The van der Waals surface area contributed by atoms with Crippen LogP contribution in [0.2, 0.25) is 5.02 Å². The van der Waals surface area contributed by atoms with Gasteiger partial charge in [-0.2, -0.15) is 13.2 Å². The van der Waals surface area contributed by atoms with Gasteiger partial charge in [-0.05, 0) is 37.3 Å². The van der Waals surface area contributed by atoms with Gasteiger partial charge in [0.25, 0.3) is 5.60 Å². The molecule has 2 unspecified atom stereocenters. The molecule has 1 aromatic heterocycles. The standard InChI is InChI=1S/C17H12ClF4N3O4/c1-8(25(15(27)28)11-4-2-10(19)3-5-11)16(17(20,21)22)12-6-9(18)7-23-13(12)24-14(26)29-16/h2-8H,1H3,(H,27,28)(H,23,24,26). The van der Waals surface area contributed by atoms with Crippen molar-refractivity contribution in [3.63, 3.8) is 0 Å². The van der Waals surface area contributed by atoms with Crippen LogP contribution in [0.5, 0.6) is 0 Å². The zero-order valence-electron chi connectivity index (χ0n) is 14.5. The molecule has 1 aromatic carbocycles. The summed E-state index contributed by atoms with van der Waals surface area (Å²) in [5.74, 6) is -1.19. The molecule has 0 saturated carbocycles. The predicted octanol–water partition coefficient (Wildman–Crippen LogP) is 4.77. The molecular weight excluding hydrogens is 422 g/mol. The van der Waals surface area contributed by atoms with Crippen LogP contribution in [0.1, 0.15) is 12.5 Å². The van der Waals surface area contributed by atoms with E-state index in [1.807, 2.05) is 5.32 Å². The van der Waals surface area contributed by atoms with Crippen molar-refractivity contribution in [3.8, 4) is 0 Å². The summed E-state index contributed by atoms with van der Waals surface area (Å²) in [6.07, 6.45) is -7.49. The summed E-state index contributed by atoms with van der Waals surface area (Å²) in [4.78, 5) is 27.8. The predicted molar refractivity (Wildman–Crippen MR) is 93.4 cm³/mol. The fourth-order valence-electron chi connectivity index (χ4n) is 3.19. The van der Waals surface area contributed by atoms with Crippen molar-refractivity contribution in [2.24, 2.45) is 0 Å². The van der Waals surface area contributed by atoms with Crippen molar-refractivity contribution >= 4 is 35.3 Å². The van der Waals surface area contributed by atoms with Gasteiger partial charge in [0.2, 0.25) is 0 Å². The Morgan fingerprint density at radius 1 is 1.34 bits per heavy atom. The van der Waals surface area contributed by atoms with Crippen molar-refractivity contribution < 1.29 is 37.0 Å². The normalized spacial score (nSPS) is 19.6. The Morgan fingerprint density at radius 2 is 1.97 bits per heavy atom. The summed E-state index contributed by atoms with van der Waals surface area (Å²) in [7, 11) is 0. The molecule has 29 heavy (non-hydrogen) atoms. The Balaban J connectivity index is 2.26. The van der Waals surface area contributed by atoms with Crippen LogP contribution in [-0.4, -0.2) is 34.5 Å². The number of anilines is 2. The van der Waals surface area contributed by atoms with Crippen LogP contribution in [-0.2, 0) is 10.3 Å². The van der Waals surface area contributed by atoms with Crippen LogP contribution < -0.4 is 10.2 Å². The molecule has 2 N–H and O–H groups in total. The van der Waals surface area contributed by atoms with Gasteiger partial charge in [0.1, 0.15) is 11.6 Å². The molecule has 2 heterocycles. The number of ether oxygens (including phenoxy) is 1. The highest BCUT2D eigenvalue weighted by Gasteiger charge is 2.67. The van der Waals surface area contributed by atoms with Crippen LogP contribution in [0.3, 0.4) is 0 Å². The molecule has 0 radical (unpaired) electrons. The first-order chi connectivity index (χ1) is 13.5. The highest BCUT2D eigenvalue weighted by atomic mass is 35.5. The number of amides is 2. The summed E-state index contributed by atoms with van der Waals surface area (Å²) < 4.78 is 61.1. The van der Waals surface area contributed by atoms with Gasteiger partial charge < -0.3 is 9.84 Å². The average molecular weight is 434 g/mol. The first-order valence-corrected chi connectivity index (χ1v) is 8.35. The minimum atomic E-state index is -5.26. The first-order valence-electron chi connectivity index (χ1n) is 7.98. The summed E-state index contributed by atoms with van der Waals surface area (Å²) >= 11 is 5.80. The maximum absolute atomic E-state index is 14.4. The number of nitrogens with one attached hydrogen (secondary N) is 1. The Kier molecular flexibility index (Phi) is 5.03. The molecule has 0 aliphatic carbocycles. The van der Waals surface area contributed by atoms with E-state index in [-0.39, 0.29) is 10.7 Å². The Labute approximate surface area is 165 Å². The number of hydrogen-bond donors (Lipinski definition) is 2. The number of rotatable bonds is 3. The monoisotopic (exact) mass is 433 g/mol. The van der Waals surface area contributed by atoms with Crippen molar-refractivity contribution in [3.05, 3.63) is 52.9 Å². The molecule has 2 atom stereocenters. The maximum atomic E-state index is 14.4. The van der Waals surface area contributed by atoms with E-state index in [4.69, 9.17) is 16.3 Å². The quantitative estimate of drug-likeness (QED) is 0.680. The molecule has 0 fully saturated rings. The Hall–Kier alpha value is -3.08. The smallest absolute Gasteiger partial charge is 0.435 e. The number of hydrogen-bond acceptors (Lipinski definition) is 4. The molecule has 1 aliphatic rings. The zero-order chi connectivity index (χ0) is 21.6. The fraction of sp³-hybridized carbons (Fsp3) is 0.235. The van der Waals surface area contributed by atoms with E-state index >= 15 is 0 Å². The van der Waals surface area contributed by atoms with Crippen LogP contribution in [0, 0.1) is 5.82 Å². The molecule has 3 rings (SSSR count). The second kappa shape index (κ2) is 7.07. The number of halogens is 5. The molecular formula is C17H12ClF4N3O4. The van der Waals surface area contributed by atoms with Gasteiger partial charge in [-0.3, -0.25) is 10.2 Å². The number of fused-ring (bicyclic) bond motifs is 1. The van der Waals surface area contributed by atoms with E-state index in [9.17, 15) is 32.3 Å². The molecule has 7 nitrogen and oxygen atoms in total. The minimum absolute atomic E-state index is 0.187. The SMILES string of the molecule is CC(N(C(=O)O)c1ccc(F)cc1)C1(C(F)(F)F)OC(=O)Nc2ncc(Cl)cc21. The lowest BCUT2D eigenvalue weighted by atomic mass is 9.84. The summed E-state index contributed by atoms with van der Waals surface area (Å²) in [5, 5.41) is 11.5. The first kappa shape index (κ1) is 20.6. The number of carbonyl (C=O) groups excluding carboxylic acids is 1. The van der Waals surface area contributed by atoms with Gasteiger partial charge in [-0.1, -0.05) is 11.6 Å². The van der Waals surface area contributed by atoms with Gasteiger partial charge in [0, 0.05) is 11.9 Å². The lowest BCUT2D eigenvalue weighted by molar-refractivity contribution is -0.270. The van der Waals surface area contributed by atoms with Gasteiger partial charge in [-0.25, -0.2) is 19.0 Å². The van der Waals surface area contributed by atoms with E-state index in [2.05, 4.69) is 4.98 Å². The van der Waals surface area contributed by atoms with E-state index in [0.717, 1.165) is 43.5 Å². The number of alkyl halides is 3. The molecule has 154 valence electrons. The van der Waals surface area contributed by atoms with Crippen LogP contribution in [0.15, 0.2) is 36.5 Å². The molecule has 0 bridgehead atoms. The maximum Gasteiger partial charge on any atom is 0.435 e. The molecule has 2 amide bonds. The molecule has 2 aromatic rings. The third-order valence-electron chi connectivity index (χ3n) is 4.44. The van der Waals surface area contributed by atoms with Crippen molar-refractivity contribution in [2.75, 3.05) is 10.2 Å². The van der Waals surface area contributed by atoms with Crippen LogP contribution >= 0.6 is 11.6 Å². The van der Waals surface area contributed by atoms with Gasteiger partial charge in [-0.15, -0.1) is 0 Å². The van der Waals surface area contributed by atoms with Gasteiger partial charge in [0.15, 0.2) is 0 Å². The number of nitrogens with zero attached hydrogens (tertiary/aromatic N) is 2. The van der Waals surface area contributed by atoms with Crippen LogP contribution in [0.25, 0.3) is 0 Å². The van der Waals surface area contributed by atoms with Crippen molar-refractivity contribution in [1.29, 1.82) is 0 Å². The summed E-state index contributed by atoms with van der Waals surface area (Å²) in [6, 6.07) is 2.61. The lowest BCUT2D eigenvalue weighted by Crippen LogP contribution is -2.62. The lowest BCUT2D eigenvalue weighted by Gasteiger charge is -2.45. The van der Waals surface area contributed by atoms with Crippen molar-refractivity contribution in [1.82, 2.24) is 4.98 Å². The Morgan fingerprint density at radius 3 is 2.52 bits per heavy atom. The minimum Gasteiger partial charge on any atom is -0.465 e. The van der Waals surface area contributed by atoms with E-state index in [1.54, 1.807) is 0 Å². The van der Waals surface area contributed by atoms with Crippen molar-refractivity contribution in [2.45, 2.75) is 24.7 Å². The summed E-state index contributed by atoms with van der Waals surface area (Å²) in [6.45, 7) is 0.911. The third kappa shape index (κ3) is 3.41. The highest BCUT2D eigenvalue weighted by molar-refractivity contribution is 6.30. The third-order valence-corrected chi connectivity index (χ3v) is 4.64. The van der Waals surface area contributed by atoms with Crippen LogP contribution in [0.4, 0.5) is 38.7 Å². The number of cyclic esters (lactones) is 1. The Bertz CT molecular complexity index is 970. The van der Waals surface area contributed by atoms with Gasteiger partial charge >= 0.3 is 18.4 Å². The van der Waals surface area contributed by atoms with E-state index < -0.39 is 47.2 Å². The molecule has 12 heteroatoms. The number of aromatic nitrogens is 1. The van der Waals surface area contributed by atoms with E-state index in [1.165, 1.54) is 0 Å². The van der Waals surface area contributed by atoms with E-state index in [0.29, 0.717) is 4.90 Å². The topological polar surface area (TPSA) is 91.8 Å². The molecule has 0 saturated heterocycles. The largest absolute Gasteiger partial charge is 0.465 e. The second-order valence-electron chi connectivity index (χ2n) is 6.10.